The first kappa shape index (κ1) is 11.1. The maximum Gasteiger partial charge on any atom is 0.324 e. The van der Waals surface area contributed by atoms with Crippen molar-refractivity contribution in [1.29, 1.82) is 0 Å². The molecular formula is C12H10N6O. The summed E-state index contributed by atoms with van der Waals surface area (Å²) >= 11 is 0. The average Bonchev–Trinajstić information content (AvgIpc) is 2.89. The van der Waals surface area contributed by atoms with E-state index in [-0.39, 0.29) is 6.03 Å². The molecule has 0 radical (unpaired) electrons. The summed E-state index contributed by atoms with van der Waals surface area (Å²) in [6, 6.07) is 8.79. The van der Waals surface area contributed by atoms with E-state index in [1.54, 1.807) is 18.3 Å². The van der Waals surface area contributed by atoms with Crippen molar-refractivity contribution in [3.05, 3.63) is 42.9 Å². The summed E-state index contributed by atoms with van der Waals surface area (Å²) < 4.78 is 0. The van der Waals surface area contributed by atoms with Crippen molar-refractivity contribution in [3.63, 3.8) is 0 Å². The van der Waals surface area contributed by atoms with Gasteiger partial charge in [0.1, 0.15) is 12.1 Å². The van der Waals surface area contributed by atoms with Gasteiger partial charge in [-0.3, -0.25) is 10.4 Å². The van der Waals surface area contributed by atoms with E-state index in [4.69, 9.17) is 0 Å². The van der Waals surface area contributed by atoms with Crippen LogP contribution in [0.2, 0.25) is 0 Å². The molecule has 0 aliphatic rings. The standard InChI is InChI=1S/C12H10N6O/c19-12(16-8-4-2-1-3-5-8)17-10-9-6-15-18-11(9)14-7-13-10/h1-7H,(H3,13,14,15,16,17,18,19). The van der Waals surface area contributed by atoms with E-state index in [9.17, 15) is 4.79 Å². The van der Waals surface area contributed by atoms with Gasteiger partial charge in [-0.15, -0.1) is 0 Å². The van der Waals surface area contributed by atoms with Gasteiger partial charge in [0.2, 0.25) is 0 Å². The molecule has 3 rings (SSSR count). The number of rotatable bonds is 2. The number of H-pyrrole nitrogens is 1. The Balaban J connectivity index is 1.78. The topological polar surface area (TPSA) is 95.6 Å². The fourth-order valence-electron chi connectivity index (χ4n) is 1.66. The first-order chi connectivity index (χ1) is 9.33. The number of aromatic nitrogens is 4. The van der Waals surface area contributed by atoms with E-state index >= 15 is 0 Å². The van der Waals surface area contributed by atoms with Gasteiger partial charge in [-0.05, 0) is 12.1 Å². The van der Waals surface area contributed by atoms with Gasteiger partial charge in [0.25, 0.3) is 0 Å². The van der Waals surface area contributed by atoms with Crippen molar-refractivity contribution in [2.75, 3.05) is 10.6 Å². The Morgan fingerprint density at radius 1 is 1.11 bits per heavy atom. The molecular weight excluding hydrogens is 244 g/mol. The maximum atomic E-state index is 11.8. The number of carbonyl (C=O) groups is 1. The number of aromatic amines is 1. The minimum atomic E-state index is -0.368. The van der Waals surface area contributed by atoms with Crippen LogP contribution < -0.4 is 10.6 Å². The minimum absolute atomic E-state index is 0.368. The lowest BCUT2D eigenvalue weighted by Gasteiger charge is -2.06. The number of benzene rings is 1. The van der Waals surface area contributed by atoms with Gasteiger partial charge in [-0.1, -0.05) is 18.2 Å². The van der Waals surface area contributed by atoms with Gasteiger partial charge in [-0.25, -0.2) is 14.8 Å². The highest BCUT2D eigenvalue weighted by atomic mass is 16.2. The molecule has 0 unspecified atom stereocenters. The molecule has 0 bridgehead atoms. The second kappa shape index (κ2) is 4.73. The smallest absolute Gasteiger partial charge is 0.308 e. The van der Waals surface area contributed by atoms with Crippen LogP contribution in [0.1, 0.15) is 0 Å². The van der Waals surface area contributed by atoms with Crippen LogP contribution in [0.25, 0.3) is 11.0 Å². The molecule has 2 amide bonds. The molecule has 0 saturated carbocycles. The lowest BCUT2D eigenvalue weighted by molar-refractivity contribution is 0.262. The van der Waals surface area contributed by atoms with E-state index in [1.807, 2.05) is 18.2 Å². The Morgan fingerprint density at radius 3 is 2.79 bits per heavy atom. The number of nitrogens with zero attached hydrogens (tertiary/aromatic N) is 3. The number of anilines is 2. The summed E-state index contributed by atoms with van der Waals surface area (Å²) in [6.45, 7) is 0. The fraction of sp³-hybridized carbons (Fsp3) is 0. The number of carbonyl (C=O) groups excluding carboxylic acids is 1. The van der Waals surface area contributed by atoms with Gasteiger partial charge in [0, 0.05) is 5.69 Å². The van der Waals surface area contributed by atoms with Crippen LogP contribution in [0.5, 0.6) is 0 Å². The van der Waals surface area contributed by atoms with Crippen molar-refractivity contribution >= 4 is 28.6 Å². The highest BCUT2D eigenvalue weighted by molar-refractivity contribution is 6.03. The molecule has 3 N–H and O–H groups in total. The number of para-hydroxylation sites is 1. The molecule has 7 nitrogen and oxygen atoms in total. The van der Waals surface area contributed by atoms with Gasteiger partial charge in [0.05, 0.1) is 11.6 Å². The van der Waals surface area contributed by atoms with Crippen molar-refractivity contribution in [2.24, 2.45) is 0 Å². The number of fused-ring (bicyclic) bond motifs is 1. The number of nitrogens with one attached hydrogen (secondary N) is 3. The van der Waals surface area contributed by atoms with Gasteiger partial charge in [-0.2, -0.15) is 5.10 Å². The molecule has 3 aromatic rings. The Morgan fingerprint density at radius 2 is 1.95 bits per heavy atom. The predicted molar refractivity (Wildman–Crippen MR) is 70.8 cm³/mol. The van der Waals surface area contributed by atoms with Crippen LogP contribution >= 0.6 is 0 Å². The highest BCUT2D eigenvalue weighted by Gasteiger charge is 2.08. The lowest BCUT2D eigenvalue weighted by Crippen LogP contribution is -2.20. The molecule has 2 heterocycles. The molecule has 19 heavy (non-hydrogen) atoms. The zero-order valence-corrected chi connectivity index (χ0v) is 9.79. The molecule has 0 aliphatic carbocycles. The van der Waals surface area contributed by atoms with E-state index < -0.39 is 0 Å². The Bertz CT molecular complexity index is 708. The van der Waals surface area contributed by atoms with E-state index in [2.05, 4.69) is 30.8 Å². The van der Waals surface area contributed by atoms with E-state index in [0.29, 0.717) is 22.5 Å². The second-order valence-electron chi connectivity index (χ2n) is 3.80. The molecule has 0 saturated heterocycles. The third-order valence-corrected chi connectivity index (χ3v) is 2.51. The molecule has 94 valence electrons. The van der Waals surface area contributed by atoms with Crippen LogP contribution in [0.4, 0.5) is 16.3 Å². The van der Waals surface area contributed by atoms with Crippen molar-refractivity contribution < 1.29 is 4.79 Å². The SMILES string of the molecule is O=C(Nc1ccccc1)Nc1ncnc2[nH]ncc12. The molecule has 2 aromatic heterocycles. The quantitative estimate of drug-likeness (QED) is 0.651. The molecule has 0 aliphatic heterocycles. The first-order valence-corrected chi connectivity index (χ1v) is 5.60. The van der Waals surface area contributed by atoms with Gasteiger partial charge < -0.3 is 5.32 Å². The zero-order valence-electron chi connectivity index (χ0n) is 9.79. The Labute approximate surface area is 108 Å². The van der Waals surface area contributed by atoms with Gasteiger partial charge in [0.15, 0.2) is 5.65 Å². The summed E-state index contributed by atoms with van der Waals surface area (Å²) in [5.41, 5.74) is 1.28. The van der Waals surface area contributed by atoms with Crippen molar-refractivity contribution in [2.45, 2.75) is 0 Å². The van der Waals surface area contributed by atoms with Crippen LogP contribution in [-0.2, 0) is 0 Å². The zero-order chi connectivity index (χ0) is 13.1. The van der Waals surface area contributed by atoms with E-state index in [1.165, 1.54) is 6.33 Å². The van der Waals surface area contributed by atoms with Gasteiger partial charge >= 0.3 is 6.03 Å². The number of hydrogen-bond acceptors (Lipinski definition) is 4. The minimum Gasteiger partial charge on any atom is -0.308 e. The monoisotopic (exact) mass is 254 g/mol. The third kappa shape index (κ3) is 2.34. The summed E-state index contributed by atoms with van der Waals surface area (Å²) in [7, 11) is 0. The maximum absolute atomic E-state index is 11.8. The Kier molecular flexibility index (Phi) is 2.77. The lowest BCUT2D eigenvalue weighted by atomic mass is 10.3. The van der Waals surface area contributed by atoms with Crippen LogP contribution in [0.3, 0.4) is 0 Å². The molecule has 0 atom stereocenters. The normalized spacial score (nSPS) is 10.3. The number of hydrogen-bond donors (Lipinski definition) is 3. The van der Waals surface area contributed by atoms with Crippen LogP contribution in [-0.4, -0.2) is 26.2 Å². The number of urea groups is 1. The summed E-state index contributed by atoms with van der Waals surface area (Å²) in [5, 5.41) is 12.6. The van der Waals surface area contributed by atoms with Crippen molar-refractivity contribution in [3.8, 4) is 0 Å². The highest BCUT2D eigenvalue weighted by Crippen LogP contribution is 2.16. The predicted octanol–water partition coefficient (Wildman–Crippen LogP) is 2.00. The molecule has 1 aromatic carbocycles. The van der Waals surface area contributed by atoms with Crippen LogP contribution in [0.15, 0.2) is 42.9 Å². The summed E-state index contributed by atoms with van der Waals surface area (Å²) in [6.07, 6.45) is 2.92. The largest absolute Gasteiger partial charge is 0.324 e. The summed E-state index contributed by atoms with van der Waals surface area (Å²) in [5.74, 6) is 0.409. The molecule has 7 heteroatoms. The fourth-order valence-corrected chi connectivity index (χ4v) is 1.66. The Hall–Kier alpha value is -2.96. The number of amides is 2. The van der Waals surface area contributed by atoms with Crippen LogP contribution in [0, 0.1) is 0 Å². The van der Waals surface area contributed by atoms with Crippen molar-refractivity contribution in [1.82, 2.24) is 20.2 Å². The molecule has 0 spiro atoms. The molecule has 0 fully saturated rings. The summed E-state index contributed by atoms with van der Waals surface area (Å²) in [4.78, 5) is 19.8. The van der Waals surface area contributed by atoms with E-state index in [0.717, 1.165) is 0 Å². The second-order valence-corrected chi connectivity index (χ2v) is 3.80. The average molecular weight is 254 g/mol. The third-order valence-electron chi connectivity index (χ3n) is 2.51. The first-order valence-electron chi connectivity index (χ1n) is 5.60.